The van der Waals surface area contributed by atoms with Crippen molar-refractivity contribution >= 4 is 18.4 Å². The first kappa shape index (κ1) is 12.1. The molecule has 2 aromatic rings. The maximum Gasteiger partial charge on any atom is 0.216 e. The maximum absolute atomic E-state index is 5.19. The molecule has 0 unspecified atom stereocenters. The van der Waals surface area contributed by atoms with Gasteiger partial charge in [0.1, 0.15) is 5.75 Å². The molecule has 1 N–H and O–H groups in total. The number of H-pyrrole nitrogens is 1. The molecule has 0 atom stereocenters. The summed E-state index contributed by atoms with van der Waals surface area (Å²) in [6.45, 7) is 0. The summed E-state index contributed by atoms with van der Waals surface area (Å²) >= 11 is 5.19. The van der Waals surface area contributed by atoms with Gasteiger partial charge in [-0.1, -0.05) is 0 Å². The van der Waals surface area contributed by atoms with Gasteiger partial charge in [0.15, 0.2) is 5.82 Å². The summed E-state index contributed by atoms with van der Waals surface area (Å²) in [5.74, 6) is 2.26. The predicted octanol–water partition coefficient (Wildman–Crippen LogP) is 2.71. The average molecular weight is 274 g/mol. The fraction of sp³-hybridized carbons (Fsp3) is 0.308. The topological polar surface area (TPSA) is 55.2 Å². The zero-order chi connectivity index (χ0) is 13.2. The molecule has 0 amide bonds. The zero-order valence-electron chi connectivity index (χ0n) is 10.5. The highest BCUT2D eigenvalue weighted by atomic mass is 32.1. The summed E-state index contributed by atoms with van der Waals surface area (Å²) in [5, 5.41) is 11.4. The molecular formula is C13H14N4OS. The Hall–Kier alpha value is -1.95. The molecule has 0 bridgehead atoms. The van der Waals surface area contributed by atoms with E-state index in [1.807, 2.05) is 24.3 Å². The van der Waals surface area contributed by atoms with Crippen LogP contribution < -0.4 is 4.74 Å². The SMILES string of the molecule is COc1ccc(/C=N\n2c(C3CC3)n[nH]c2=S)cc1. The number of aromatic nitrogens is 3. The Kier molecular flexibility index (Phi) is 3.16. The van der Waals surface area contributed by atoms with Crippen molar-refractivity contribution in [1.29, 1.82) is 0 Å². The van der Waals surface area contributed by atoms with Crippen molar-refractivity contribution in [2.24, 2.45) is 5.10 Å². The first-order chi connectivity index (χ1) is 9.28. The van der Waals surface area contributed by atoms with Gasteiger partial charge in [0, 0.05) is 5.92 Å². The highest BCUT2D eigenvalue weighted by molar-refractivity contribution is 7.71. The van der Waals surface area contributed by atoms with Crippen LogP contribution >= 0.6 is 12.2 Å². The third-order valence-corrected chi connectivity index (χ3v) is 3.32. The van der Waals surface area contributed by atoms with Crippen molar-refractivity contribution in [3.05, 3.63) is 40.4 Å². The fourth-order valence-electron chi connectivity index (χ4n) is 1.84. The Morgan fingerprint density at radius 2 is 2.16 bits per heavy atom. The third-order valence-electron chi connectivity index (χ3n) is 3.06. The second-order valence-corrected chi connectivity index (χ2v) is 4.88. The van der Waals surface area contributed by atoms with Gasteiger partial charge in [-0.05, 0) is 54.9 Å². The van der Waals surface area contributed by atoms with Crippen molar-refractivity contribution < 1.29 is 4.74 Å². The molecule has 1 aliphatic rings. The molecule has 1 heterocycles. The van der Waals surface area contributed by atoms with Gasteiger partial charge in [-0.15, -0.1) is 0 Å². The Morgan fingerprint density at radius 1 is 1.42 bits per heavy atom. The first-order valence-electron chi connectivity index (χ1n) is 6.13. The maximum atomic E-state index is 5.19. The molecular weight excluding hydrogens is 260 g/mol. The van der Waals surface area contributed by atoms with E-state index in [-0.39, 0.29) is 0 Å². The van der Waals surface area contributed by atoms with Crippen LogP contribution in [0, 0.1) is 4.77 Å². The molecule has 1 aliphatic carbocycles. The Morgan fingerprint density at radius 3 is 2.79 bits per heavy atom. The average Bonchev–Trinajstić information content (AvgIpc) is 3.22. The van der Waals surface area contributed by atoms with E-state index in [0.717, 1.165) is 30.0 Å². The molecule has 1 fully saturated rings. The minimum atomic E-state index is 0.501. The fourth-order valence-corrected chi connectivity index (χ4v) is 2.02. The molecule has 3 rings (SSSR count). The van der Waals surface area contributed by atoms with Crippen LogP contribution in [0.15, 0.2) is 29.4 Å². The van der Waals surface area contributed by atoms with Crippen LogP contribution in [-0.4, -0.2) is 28.2 Å². The number of benzene rings is 1. The van der Waals surface area contributed by atoms with Crippen molar-refractivity contribution in [3.63, 3.8) is 0 Å². The number of hydrogen-bond donors (Lipinski definition) is 1. The molecule has 19 heavy (non-hydrogen) atoms. The van der Waals surface area contributed by atoms with Crippen LogP contribution in [0.3, 0.4) is 0 Å². The molecule has 0 radical (unpaired) electrons. The minimum Gasteiger partial charge on any atom is -0.497 e. The van der Waals surface area contributed by atoms with Crippen molar-refractivity contribution in [3.8, 4) is 5.75 Å². The number of methoxy groups -OCH3 is 1. The van der Waals surface area contributed by atoms with Gasteiger partial charge in [0.25, 0.3) is 0 Å². The summed E-state index contributed by atoms with van der Waals surface area (Å²) in [6.07, 6.45) is 4.10. The molecule has 1 aromatic heterocycles. The largest absolute Gasteiger partial charge is 0.497 e. The van der Waals surface area contributed by atoms with E-state index < -0.39 is 0 Å². The number of nitrogens with zero attached hydrogens (tertiary/aromatic N) is 3. The number of ether oxygens (including phenoxy) is 1. The highest BCUT2D eigenvalue weighted by Crippen LogP contribution is 2.38. The monoisotopic (exact) mass is 274 g/mol. The van der Waals surface area contributed by atoms with Crippen LogP contribution in [0.2, 0.25) is 0 Å². The summed E-state index contributed by atoms with van der Waals surface area (Å²) in [4.78, 5) is 0. The van der Waals surface area contributed by atoms with Gasteiger partial charge in [-0.2, -0.15) is 14.9 Å². The number of aromatic amines is 1. The van der Waals surface area contributed by atoms with Crippen LogP contribution in [0.4, 0.5) is 0 Å². The lowest BCUT2D eigenvalue weighted by atomic mass is 10.2. The molecule has 1 saturated carbocycles. The Labute approximate surface area is 115 Å². The lowest BCUT2D eigenvalue weighted by molar-refractivity contribution is 0.415. The van der Waals surface area contributed by atoms with Gasteiger partial charge in [-0.3, -0.25) is 5.10 Å². The number of nitrogens with one attached hydrogen (secondary N) is 1. The van der Waals surface area contributed by atoms with Gasteiger partial charge >= 0.3 is 0 Å². The second kappa shape index (κ2) is 4.97. The van der Waals surface area contributed by atoms with Crippen molar-refractivity contribution in [2.45, 2.75) is 18.8 Å². The molecule has 98 valence electrons. The van der Waals surface area contributed by atoms with E-state index in [2.05, 4.69) is 15.3 Å². The van der Waals surface area contributed by atoms with Crippen LogP contribution in [0.25, 0.3) is 0 Å². The Bertz CT molecular complexity index is 652. The molecule has 6 heteroatoms. The van der Waals surface area contributed by atoms with E-state index in [1.54, 1.807) is 18.0 Å². The van der Waals surface area contributed by atoms with E-state index in [9.17, 15) is 0 Å². The zero-order valence-corrected chi connectivity index (χ0v) is 11.4. The first-order valence-corrected chi connectivity index (χ1v) is 6.54. The Balaban J connectivity index is 1.85. The summed E-state index contributed by atoms with van der Waals surface area (Å²) in [7, 11) is 1.65. The van der Waals surface area contributed by atoms with Gasteiger partial charge in [0.2, 0.25) is 4.77 Å². The van der Waals surface area contributed by atoms with E-state index in [4.69, 9.17) is 17.0 Å². The molecule has 1 aromatic carbocycles. The third kappa shape index (κ3) is 2.58. The van der Waals surface area contributed by atoms with Crippen LogP contribution in [-0.2, 0) is 0 Å². The van der Waals surface area contributed by atoms with Gasteiger partial charge < -0.3 is 4.74 Å². The van der Waals surface area contributed by atoms with Crippen LogP contribution in [0.5, 0.6) is 5.75 Å². The number of rotatable bonds is 4. The van der Waals surface area contributed by atoms with Crippen molar-refractivity contribution in [2.75, 3.05) is 7.11 Å². The molecule has 0 aliphatic heterocycles. The lowest BCUT2D eigenvalue weighted by Crippen LogP contribution is -1.97. The van der Waals surface area contributed by atoms with E-state index in [1.165, 1.54) is 0 Å². The quantitative estimate of drug-likeness (QED) is 0.689. The summed E-state index contributed by atoms with van der Waals surface area (Å²) in [5.41, 5.74) is 0.991. The van der Waals surface area contributed by atoms with E-state index in [0.29, 0.717) is 10.7 Å². The normalized spacial score (nSPS) is 15.0. The second-order valence-electron chi connectivity index (χ2n) is 4.49. The number of hydrogen-bond acceptors (Lipinski definition) is 4. The predicted molar refractivity (Wildman–Crippen MR) is 75.4 cm³/mol. The van der Waals surface area contributed by atoms with E-state index >= 15 is 0 Å². The van der Waals surface area contributed by atoms with Crippen molar-refractivity contribution in [1.82, 2.24) is 14.9 Å². The lowest BCUT2D eigenvalue weighted by Gasteiger charge is -2.00. The standard InChI is InChI=1S/C13H14N4OS/c1-18-11-6-2-9(3-7-11)8-14-17-12(10-4-5-10)15-16-13(17)19/h2-3,6-8,10H,4-5H2,1H3,(H,16,19)/b14-8-. The molecule has 0 saturated heterocycles. The highest BCUT2D eigenvalue weighted by Gasteiger charge is 2.29. The van der Waals surface area contributed by atoms with Crippen LogP contribution in [0.1, 0.15) is 30.1 Å². The summed E-state index contributed by atoms with van der Waals surface area (Å²) < 4.78 is 7.36. The van der Waals surface area contributed by atoms with Gasteiger partial charge in [-0.25, -0.2) is 0 Å². The molecule has 5 nitrogen and oxygen atoms in total. The molecule has 0 spiro atoms. The smallest absolute Gasteiger partial charge is 0.216 e. The van der Waals surface area contributed by atoms with Gasteiger partial charge in [0.05, 0.1) is 13.3 Å². The minimum absolute atomic E-state index is 0.501. The summed E-state index contributed by atoms with van der Waals surface area (Å²) in [6, 6.07) is 7.70.